The van der Waals surface area contributed by atoms with Crippen molar-refractivity contribution in [3.8, 4) is 0 Å². The first-order valence-electron chi connectivity index (χ1n) is 13.1. The number of benzene rings is 3. The van der Waals surface area contributed by atoms with Crippen LogP contribution >= 0.6 is 0 Å². The SMILES string of the molecule is CNC(=O)[C@H](Cc1ccccc1)N(Cc1ccc(C)cc1)C(=O)CCCN(c1cc(C)cc(C)c1)S(C)(=O)=O. The summed E-state index contributed by atoms with van der Waals surface area (Å²) in [7, 11) is -1.98. The highest BCUT2D eigenvalue weighted by molar-refractivity contribution is 7.92. The maximum absolute atomic E-state index is 13.7. The molecule has 0 spiro atoms. The van der Waals surface area contributed by atoms with Gasteiger partial charge in [0.25, 0.3) is 0 Å². The molecule has 1 atom stereocenters. The average molecular weight is 550 g/mol. The van der Waals surface area contributed by atoms with E-state index >= 15 is 0 Å². The van der Waals surface area contributed by atoms with E-state index in [4.69, 9.17) is 0 Å². The number of sulfonamides is 1. The van der Waals surface area contributed by atoms with Crippen LogP contribution in [0.3, 0.4) is 0 Å². The highest BCUT2D eigenvalue weighted by Crippen LogP contribution is 2.23. The van der Waals surface area contributed by atoms with Crippen molar-refractivity contribution >= 4 is 27.5 Å². The predicted octanol–water partition coefficient (Wildman–Crippen LogP) is 4.54. The third-order valence-electron chi connectivity index (χ3n) is 6.64. The molecule has 0 aromatic heterocycles. The minimum absolute atomic E-state index is 0.102. The second kappa shape index (κ2) is 13.4. The lowest BCUT2D eigenvalue weighted by Crippen LogP contribution is -2.49. The molecule has 1 N–H and O–H groups in total. The Hall–Kier alpha value is -3.65. The maximum atomic E-state index is 13.7. The molecule has 39 heavy (non-hydrogen) atoms. The highest BCUT2D eigenvalue weighted by atomic mass is 32.2. The van der Waals surface area contributed by atoms with Crippen molar-refractivity contribution in [1.82, 2.24) is 10.2 Å². The fourth-order valence-corrected chi connectivity index (χ4v) is 5.66. The first-order chi connectivity index (χ1) is 18.5. The summed E-state index contributed by atoms with van der Waals surface area (Å²) in [4.78, 5) is 28.4. The standard InChI is InChI=1S/C31H39N3O4S/c1-23-13-15-27(16-14-23)22-33(29(31(36)32-4)21-26-10-7-6-8-11-26)30(35)12-9-17-34(39(5,37)38)28-19-24(2)18-25(3)20-28/h6-8,10-11,13-16,18-20,29H,9,12,17,21-22H2,1-5H3,(H,32,36)/t29-/m0/s1. The van der Waals surface area contributed by atoms with Crippen LogP contribution in [-0.2, 0) is 32.6 Å². The zero-order valence-corrected chi connectivity index (χ0v) is 24.3. The number of aryl methyl sites for hydroxylation is 3. The molecule has 2 amide bonds. The van der Waals surface area contributed by atoms with Crippen LogP contribution in [0.2, 0.25) is 0 Å². The van der Waals surface area contributed by atoms with E-state index < -0.39 is 16.1 Å². The van der Waals surface area contributed by atoms with E-state index in [1.807, 2.05) is 93.6 Å². The Kier molecular flexibility index (Phi) is 10.3. The molecule has 3 rings (SSSR count). The predicted molar refractivity (Wildman–Crippen MR) is 157 cm³/mol. The lowest BCUT2D eigenvalue weighted by molar-refractivity contribution is -0.141. The molecular formula is C31H39N3O4S. The second-order valence-corrected chi connectivity index (χ2v) is 12.0. The van der Waals surface area contributed by atoms with Crippen LogP contribution in [0.1, 0.15) is 40.7 Å². The van der Waals surface area contributed by atoms with Gasteiger partial charge in [0.05, 0.1) is 11.9 Å². The monoisotopic (exact) mass is 549 g/mol. The molecule has 0 aliphatic heterocycles. The minimum Gasteiger partial charge on any atom is -0.357 e. The van der Waals surface area contributed by atoms with Crippen molar-refractivity contribution in [2.24, 2.45) is 0 Å². The number of hydrogen-bond donors (Lipinski definition) is 1. The molecule has 208 valence electrons. The van der Waals surface area contributed by atoms with Crippen LogP contribution in [0.25, 0.3) is 0 Å². The van der Waals surface area contributed by atoms with E-state index in [0.29, 0.717) is 18.5 Å². The van der Waals surface area contributed by atoms with Gasteiger partial charge in [-0.3, -0.25) is 13.9 Å². The van der Waals surface area contributed by atoms with Crippen LogP contribution in [-0.4, -0.2) is 51.0 Å². The van der Waals surface area contributed by atoms with Crippen LogP contribution in [0.4, 0.5) is 5.69 Å². The van der Waals surface area contributed by atoms with Gasteiger partial charge in [0.1, 0.15) is 6.04 Å². The Bertz CT molecular complexity index is 1350. The zero-order chi connectivity index (χ0) is 28.6. The Labute approximate surface area is 232 Å². The van der Waals surface area contributed by atoms with Gasteiger partial charge in [-0.1, -0.05) is 66.2 Å². The first-order valence-corrected chi connectivity index (χ1v) is 15.0. The summed E-state index contributed by atoms with van der Waals surface area (Å²) < 4.78 is 26.7. The van der Waals surface area contributed by atoms with Gasteiger partial charge < -0.3 is 10.2 Å². The molecule has 0 heterocycles. The fraction of sp³-hybridized carbons (Fsp3) is 0.355. The van der Waals surface area contributed by atoms with Crippen molar-refractivity contribution < 1.29 is 18.0 Å². The van der Waals surface area contributed by atoms with Gasteiger partial charge in [-0.05, 0) is 61.6 Å². The minimum atomic E-state index is -3.55. The number of hydrogen-bond acceptors (Lipinski definition) is 4. The topological polar surface area (TPSA) is 86.8 Å². The summed E-state index contributed by atoms with van der Waals surface area (Å²) in [6.45, 7) is 6.29. The summed E-state index contributed by atoms with van der Waals surface area (Å²) in [5.74, 6) is -0.443. The van der Waals surface area contributed by atoms with Crippen molar-refractivity contribution in [2.45, 2.75) is 52.6 Å². The van der Waals surface area contributed by atoms with Crippen LogP contribution in [0.15, 0.2) is 72.8 Å². The van der Waals surface area contributed by atoms with Gasteiger partial charge >= 0.3 is 0 Å². The number of likely N-dealkylation sites (N-methyl/N-ethyl adjacent to an activating group) is 1. The lowest BCUT2D eigenvalue weighted by Gasteiger charge is -2.31. The van der Waals surface area contributed by atoms with Gasteiger partial charge in [-0.2, -0.15) is 0 Å². The summed E-state index contributed by atoms with van der Waals surface area (Å²) in [5.41, 5.74) is 5.50. The van der Waals surface area contributed by atoms with Crippen molar-refractivity contribution in [1.29, 1.82) is 0 Å². The summed E-state index contributed by atoms with van der Waals surface area (Å²) >= 11 is 0. The number of nitrogens with one attached hydrogen (secondary N) is 1. The average Bonchev–Trinajstić information content (AvgIpc) is 2.88. The summed E-state index contributed by atoms with van der Waals surface area (Å²) in [6, 6.07) is 22.5. The zero-order valence-electron chi connectivity index (χ0n) is 23.5. The van der Waals surface area contributed by atoms with Gasteiger partial charge in [-0.15, -0.1) is 0 Å². The van der Waals surface area contributed by atoms with E-state index in [2.05, 4.69) is 5.32 Å². The molecule has 0 aliphatic rings. The van der Waals surface area contributed by atoms with Crippen molar-refractivity contribution in [3.05, 3.63) is 101 Å². The van der Waals surface area contributed by atoms with Gasteiger partial charge in [0.15, 0.2) is 0 Å². The third kappa shape index (κ3) is 8.68. The number of rotatable bonds is 12. The molecule has 0 radical (unpaired) electrons. The molecule has 0 aliphatic carbocycles. The largest absolute Gasteiger partial charge is 0.357 e. The highest BCUT2D eigenvalue weighted by Gasteiger charge is 2.30. The van der Waals surface area contributed by atoms with Crippen LogP contribution in [0.5, 0.6) is 0 Å². The Morgan fingerprint density at radius 3 is 2.03 bits per heavy atom. The Balaban J connectivity index is 1.85. The Morgan fingerprint density at radius 2 is 1.46 bits per heavy atom. The van der Waals surface area contributed by atoms with Crippen LogP contribution in [0, 0.1) is 20.8 Å². The molecule has 3 aromatic rings. The van der Waals surface area contributed by atoms with Gasteiger partial charge in [-0.25, -0.2) is 8.42 Å². The number of carbonyl (C=O) groups excluding carboxylic acids is 2. The molecule has 0 saturated carbocycles. The second-order valence-electron chi connectivity index (χ2n) is 10.1. The number of amides is 2. The van der Waals surface area contributed by atoms with E-state index in [1.165, 1.54) is 10.6 Å². The van der Waals surface area contributed by atoms with Gasteiger partial charge in [0, 0.05) is 33.0 Å². The molecule has 0 unspecified atom stereocenters. The molecule has 0 fully saturated rings. The van der Waals surface area contributed by atoms with E-state index in [0.717, 1.165) is 27.8 Å². The molecule has 0 saturated heterocycles. The molecule has 7 nitrogen and oxygen atoms in total. The van der Waals surface area contributed by atoms with Crippen molar-refractivity contribution in [2.75, 3.05) is 24.2 Å². The van der Waals surface area contributed by atoms with Gasteiger partial charge in [0.2, 0.25) is 21.8 Å². The summed E-state index contributed by atoms with van der Waals surface area (Å²) in [6.07, 6.45) is 1.97. The maximum Gasteiger partial charge on any atom is 0.242 e. The van der Waals surface area contributed by atoms with E-state index in [9.17, 15) is 18.0 Å². The van der Waals surface area contributed by atoms with Crippen LogP contribution < -0.4 is 9.62 Å². The molecule has 0 bridgehead atoms. The number of anilines is 1. The Morgan fingerprint density at radius 1 is 0.846 bits per heavy atom. The molecule has 8 heteroatoms. The molecule has 3 aromatic carbocycles. The smallest absolute Gasteiger partial charge is 0.242 e. The third-order valence-corrected chi connectivity index (χ3v) is 7.83. The van der Waals surface area contributed by atoms with E-state index in [1.54, 1.807) is 11.9 Å². The lowest BCUT2D eigenvalue weighted by atomic mass is 10.0. The summed E-state index contributed by atoms with van der Waals surface area (Å²) in [5, 5.41) is 2.72. The number of carbonyl (C=O) groups is 2. The first kappa shape index (κ1) is 29.9. The number of nitrogens with zero attached hydrogens (tertiary/aromatic N) is 2. The quantitative estimate of drug-likeness (QED) is 0.359. The van der Waals surface area contributed by atoms with E-state index in [-0.39, 0.29) is 31.3 Å². The normalized spacial score (nSPS) is 12.0. The van der Waals surface area contributed by atoms with Crippen molar-refractivity contribution in [3.63, 3.8) is 0 Å². The fourth-order valence-electron chi connectivity index (χ4n) is 4.71. The molecular weight excluding hydrogens is 510 g/mol.